The van der Waals surface area contributed by atoms with Crippen molar-refractivity contribution in [1.82, 2.24) is 25.5 Å². The van der Waals surface area contributed by atoms with Crippen LogP contribution in [0, 0.1) is 0 Å². The number of amides is 1. The molecule has 0 aromatic carbocycles. The number of rotatable bonds is 4. The molecule has 20 heavy (non-hydrogen) atoms. The van der Waals surface area contributed by atoms with Crippen molar-refractivity contribution >= 4 is 5.91 Å². The van der Waals surface area contributed by atoms with Crippen LogP contribution >= 0.6 is 0 Å². The van der Waals surface area contributed by atoms with E-state index in [-0.39, 0.29) is 17.1 Å². The second-order valence-electron chi connectivity index (χ2n) is 5.58. The number of hydrogen-bond acceptors (Lipinski definition) is 4. The van der Waals surface area contributed by atoms with Crippen molar-refractivity contribution in [2.75, 3.05) is 6.54 Å². The number of H-pyrrole nitrogens is 1. The number of hydrogen-bond donors (Lipinski definition) is 2. The molecule has 6 nitrogen and oxygen atoms in total. The molecule has 2 aromatic heterocycles. The molecule has 0 atom stereocenters. The van der Waals surface area contributed by atoms with E-state index in [0.717, 1.165) is 5.69 Å². The molecule has 2 aromatic rings. The number of aromatic amines is 1. The summed E-state index contributed by atoms with van der Waals surface area (Å²) >= 11 is 0. The average Bonchev–Trinajstić information content (AvgIpc) is 2.89. The largest absolute Gasteiger partial charge is 0.349 e. The number of carbonyl (C=O) groups is 1. The lowest BCUT2D eigenvalue weighted by Gasteiger charge is -2.12. The summed E-state index contributed by atoms with van der Waals surface area (Å²) in [6.45, 7) is 6.54. The molecule has 0 spiro atoms. The number of aromatic nitrogens is 4. The van der Waals surface area contributed by atoms with Gasteiger partial charge in [0.05, 0.1) is 0 Å². The zero-order valence-electron chi connectivity index (χ0n) is 12.0. The fraction of sp³-hybridized carbons (Fsp3) is 0.429. The molecule has 2 N–H and O–H groups in total. The van der Waals surface area contributed by atoms with Gasteiger partial charge >= 0.3 is 0 Å². The first-order valence-electron chi connectivity index (χ1n) is 6.58. The maximum atomic E-state index is 11.9. The molecule has 6 heteroatoms. The minimum absolute atomic E-state index is 0.153. The van der Waals surface area contributed by atoms with E-state index in [2.05, 4.69) is 25.5 Å². The highest BCUT2D eigenvalue weighted by molar-refractivity contribution is 5.90. The second kappa shape index (κ2) is 5.81. The molecule has 0 unspecified atom stereocenters. The van der Waals surface area contributed by atoms with Crippen LogP contribution in [0.3, 0.4) is 0 Å². The third kappa shape index (κ3) is 3.63. The number of nitrogens with zero attached hydrogens (tertiary/aromatic N) is 3. The first-order valence-corrected chi connectivity index (χ1v) is 6.58. The Balaban J connectivity index is 1.88. The minimum Gasteiger partial charge on any atom is -0.349 e. The van der Waals surface area contributed by atoms with Crippen LogP contribution in [-0.4, -0.2) is 32.6 Å². The lowest BCUT2D eigenvalue weighted by atomic mass is 9.96. The van der Waals surface area contributed by atoms with E-state index in [0.29, 0.717) is 18.8 Å². The first-order chi connectivity index (χ1) is 9.47. The van der Waals surface area contributed by atoms with Gasteiger partial charge in [0.15, 0.2) is 0 Å². The fourth-order valence-electron chi connectivity index (χ4n) is 1.63. The Morgan fingerprint density at radius 2 is 2.15 bits per heavy atom. The van der Waals surface area contributed by atoms with Crippen LogP contribution in [0.2, 0.25) is 0 Å². The zero-order valence-corrected chi connectivity index (χ0v) is 12.0. The van der Waals surface area contributed by atoms with Crippen LogP contribution in [0.15, 0.2) is 24.4 Å². The summed E-state index contributed by atoms with van der Waals surface area (Å²) < 4.78 is 0. The first kappa shape index (κ1) is 14.2. The minimum atomic E-state index is -0.271. The summed E-state index contributed by atoms with van der Waals surface area (Å²) in [5, 5.41) is 9.53. The Labute approximate surface area is 118 Å². The van der Waals surface area contributed by atoms with Crippen molar-refractivity contribution in [3.8, 4) is 0 Å². The standard InChI is InChI=1S/C14H19N5O/c1-14(2,3)13-17-11(18-19-13)12(20)16-9-7-10-6-4-5-8-15-10/h4-6,8H,7,9H2,1-3H3,(H,16,20)(H,17,18,19). The average molecular weight is 273 g/mol. The quantitative estimate of drug-likeness (QED) is 0.883. The normalized spacial score (nSPS) is 11.3. The lowest BCUT2D eigenvalue weighted by molar-refractivity contribution is 0.0944. The van der Waals surface area contributed by atoms with E-state index in [1.165, 1.54) is 0 Å². The van der Waals surface area contributed by atoms with E-state index in [1.54, 1.807) is 6.20 Å². The van der Waals surface area contributed by atoms with Crippen LogP contribution < -0.4 is 5.32 Å². The fourth-order valence-corrected chi connectivity index (χ4v) is 1.63. The van der Waals surface area contributed by atoms with Crippen LogP contribution in [0.4, 0.5) is 0 Å². The monoisotopic (exact) mass is 273 g/mol. The van der Waals surface area contributed by atoms with Gasteiger partial charge in [0.25, 0.3) is 5.91 Å². The lowest BCUT2D eigenvalue weighted by Crippen LogP contribution is -2.27. The second-order valence-corrected chi connectivity index (χ2v) is 5.58. The van der Waals surface area contributed by atoms with Gasteiger partial charge in [-0.2, -0.15) is 0 Å². The van der Waals surface area contributed by atoms with Crippen molar-refractivity contribution in [3.05, 3.63) is 41.7 Å². The van der Waals surface area contributed by atoms with E-state index >= 15 is 0 Å². The van der Waals surface area contributed by atoms with E-state index < -0.39 is 0 Å². The third-order valence-electron chi connectivity index (χ3n) is 2.79. The molecule has 0 aliphatic carbocycles. The van der Waals surface area contributed by atoms with Crippen LogP contribution in [0.1, 0.15) is 42.9 Å². The molecule has 0 saturated heterocycles. The SMILES string of the molecule is CC(C)(C)c1nc(C(=O)NCCc2ccccn2)n[nH]1. The van der Waals surface area contributed by atoms with Crippen molar-refractivity contribution in [2.24, 2.45) is 0 Å². The summed E-state index contributed by atoms with van der Waals surface area (Å²) in [5.41, 5.74) is 0.789. The van der Waals surface area contributed by atoms with Crippen molar-refractivity contribution in [3.63, 3.8) is 0 Å². The molecular formula is C14H19N5O. The smallest absolute Gasteiger partial charge is 0.290 e. The highest BCUT2D eigenvalue weighted by Gasteiger charge is 2.20. The van der Waals surface area contributed by atoms with Gasteiger partial charge in [-0.3, -0.25) is 14.9 Å². The number of pyridine rings is 1. The van der Waals surface area contributed by atoms with Gasteiger partial charge in [0.2, 0.25) is 5.82 Å². The Morgan fingerprint density at radius 1 is 1.35 bits per heavy atom. The topological polar surface area (TPSA) is 83.6 Å². The van der Waals surface area contributed by atoms with Crippen LogP contribution in [-0.2, 0) is 11.8 Å². The van der Waals surface area contributed by atoms with Crippen molar-refractivity contribution < 1.29 is 4.79 Å². The van der Waals surface area contributed by atoms with Gasteiger partial charge in [-0.25, -0.2) is 4.98 Å². The Bertz CT molecular complexity index is 571. The van der Waals surface area contributed by atoms with Gasteiger partial charge in [-0.05, 0) is 12.1 Å². The molecule has 0 aliphatic heterocycles. The Hall–Kier alpha value is -2.24. The third-order valence-corrected chi connectivity index (χ3v) is 2.79. The molecule has 2 rings (SSSR count). The summed E-state index contributed by atoms with van der Waals surface area (Å²) in [4.78, 5) is 20.3. The summed E-state index contributed by atoms with van der Waals surface area (Å²) in [6.07, 6.45) is 2.42. The number of nitrogens with one attached hydrogen (secondary N) is 2. The van der Waals surface area contributed by atoms with E-state index in [9.17, 15) is 4.79 Å². The highest BCUT2D eigenvalue weighted by atomic mass is 16.2. The summed E-state index contributed by atoms with van der Waals surface area (Å²) in [6, 6.07) is 5.72. The summed E-state index contributed by atoms with van der Waals surface area (Å²) in [7, 11) is 0. The molecule has 106 valence electrons. The van der Waals surface area contributed by atoms with E-state index in [1.807, 2.05) is 39.0 Å². The van der Waals surface area contributed by atoms with Crippen molar-refractivity contribution in [1.29, 1.82) is 0 Å². The highest BCUT2D eigenvalue weighted by Crippen LogP contribution is 2.17. The van der Waals surface area contributed by atoms with Gasteiger partial charge in [0, 0.05) is 30.3 Å². The van der Waals surface area contributed by atoms with Gasteiger partial charge in [-0.15, -0.1) is 5.10 Å². The zero-order chi connectivity index (χ0) is 14.6. The Kier molecular flexibility index (Phi) is 4.12. The summed E-state index contributed by atoms with van der Waals surface area (Å²) in [5.74, 6) is 0.607. The van der Waals surface area contributed by atoms with Gasteiger partial charge in [0.1, 0.15) is 5.82 Å². The molecule has 0 radical (unpaired) electrons. The molecule has 0 fully saturated rings. The maximum absolute atomic E-state index is 11.9. The molecular weight excluding hydrogens is 254 g/mol. The van der Waals surface area contributed by atoms with Crippen LogP contribution in [0.5, 0.6) is 0 Å². The van der Waals surface area contributed by atoms with E-state index in [4.69, 9.17) is 0 Å². The molecule has 1 amide bonds. The van der Waals surface area contributed by atoms with Gasteiger partial charge < -0.3 is 5.32 Å². The predicted octanol–water partition coefficient (Wildman–Crippen LogP) is 1.47. The Morgan fingerprint density at radius 3 is 2.75 bits per heavy atom. The molecule has 0 saturated carbocycles. The van der Waals surface area contributed by atoms with Crippen LogP contribution in [0.25, 0.3) is 0 Å². The molecule has 0 bridgehead atoms. The predicted molar refractivity (Wildman–Crippen MR) is 75.4 cm³/mol. The molecule has 0 aliphatic rings. The van der Waals surface area contributed by atoms with Gasteiger partial charge in [-0.1, -0.05) is 26.8 Å². The van der Waals surface area contributed by atoms with Crippen molar-refractivity contribution in [2.45, 2.75) is 32.6 Å². The number of carbonyl (C=O) groups excluding carboxylic acids is 1. The molecule has 2 heterocycles. The maximum Gasteiger partial charge on any atom is 0.290 e.